The van der Waals surface area contributed by atoms with E-state index < -0.39 is 20.6 Å². The average Bonchev–Trinajstić information content (AvgIpc) is 2.77. The second-order valence-corrected chi connectivity index (χ2v) is 10.5. The molecule has 3 rings (SSSR count). The lowest BCUT2D eigenvalue weighted by molar-refractivity contribution is -0.383. The minimum Gasteiger partial charge on any atom is -0.351 e. The van der Waals surface area contributed by atoms with Crippen molar-refractivity contribution in [3.05, 3.63) is 40.5 Å². The summed E-state index contributed by atoms with van der Waals surface area (Å²) in [6, 6.07) is 3.33. The maximum Gasteiger partial charge on any atom is 0.353 e. The number of nitrogens with one attached hydrogen (secondary N) is 1. The zero-order chi connectivity index (χ0) is 24.0. The summed E-state index contributed by atoms with van der Waals surface area (Å²) in [4.78, 5) is 21.2. The topological polar surface area (TPSA) is 118 Å². The fourth-order valence-electron chi connectivity index (χ4n) is 4.11. The van der Waals surface area contributed by atoms with Crippen LogP contribution in [0.15, 0.2) is 29.4 Å². The Hall–Kier alpha value is -2.82. The minimum absolute atomic E-state index is 0.110. The molecule has 1 aliphatic rings. The van der Waals surface area contributed by atoms with Gasteiger partial charge in [-0.25, -0.2) is 22.8 Å². The highest BCUT2D eigenvalue weighted by molar-refractivity contribution is 7.90. The molecule has 0 radical (unpaired) electrons. The van der Waals surface area contributed by atoms with Gasteiger partial charge in [0.1, 0.15) is 12.1 Å². The maximum atomic E-state index is 14.5. The van der Waals surface area contributed by atoms with Crippen molar-refractivity contribution in [2.45, 2.75) is 56.8 Å². The minimum atomic E-state index is -3.58. The predicted octanol–water partition coefficient (Wildman–Crippen LogP) is 4.86. The summed E-state index contributed by atoms with van der Waals surface area (Å²) in [5, 5.41) is 14.5. The van der Waals surface area contributed by atoms with Crippen LogP contribution in [-0.2, 0) is 9.84 Å². The van der Waals surface area contributed by atoms with Gasteiger partial charge in [0.05, 0.1) is 15.5 Å². The summed E-state index contributed by atoms with van der Waals surface area (Å²) in [7, 11) is -3.58. The number of halogens is 1. The van der Waals surface area contributed by atoms with Crippen LogP contribution in [0.4, 0.5) is 27.4 Å². The third-order valence-corrected chi connectivity index (χ3v) is 7.10. The standard InChI is InChI=1S/C22H30FN5O4S/c1-3-4-5-6-7-16-10-12-27(13-11-16)22-20(28(29)30)21(24-15-25-22)26-19-9-8-17(14-18(19)23)33(2,31)32/h8-9,14-16H,3-7,10-13H2,1-2H3,(H,24,25,26). The fourth-order valence-corrected chi connectivity index (χ4v) is 4.74. The molecule has 1 aliphatic heterocycles. The molecule has 0 aliphatic carbocycles. The monoisotopic (exact) mass is 479 g/mol. The summed E-state index contributed by atoms with van der Waals surface area (Å²) in [5.74, 6) is -0.178. The first-order chi connectivity index (χ1) is 15.7. The molecule has 0 unspecified atom stereocenters. The molecule has 11 heteroatoms. The van der Waals surface area contributed by atoms with Crippen molar-refractivity contribution < 1.29 is 17.7 Å². The molecule has 9 nitrogen and oxygen atoms in total. The number of unbranched alkanes of at least 4 members (excludes halogenated alkanes) is 3. The lowest BCUT2D eigenvalue weighted by Crippen LogP contribution is -2.34. The van der Waals surface area contributed by atoms with Crippen LogP contribution in [0.1, 0.15) is 51.9 Å². The van der Waals surface area contributed by atoms with Gasteiger partial charge in [-0.1, -0.05) is 39.0 Å². The van der Waals surface area contributed by atoms with Crippen LogP contribution in [0, 0.1) is 21.8 Å². The third kappa shape index (κ3) is 6.37. The van der Waals surface area contributed by atoms with E-state index in [9.17, 15) is 22.9 Å². The number of piperidine rings is 1. The predicted molar refractivity (Wildman–Crippen MR) is 125 cm³/mol. The van der Waals surface area contributed by atoms with Crippen molar-refractivity contribution in [2.75, 3.05) is 29.6 Å². The van der Waals surface area contributed by atoms with E-state index in [1.807, 2.05) is 4.90 Å². The molecule has 0 bridgehead atoms. The van der Waals surface area contributed by atoms with Gasteiger partial charge in [-0.05, 0) is 37.0 Å². The Bertz CT molecular complexity index is 1090. The molecular weight excluding hydrogens is 449 g/mol. The van der Waals surface area contributed by atoms with Gasteiger partial charge in [0.2, 0.25) is 11.6 Å². The molecule has 0 amide bonds. The maximum absolute atomic E-state index is 14.5. The molecule has 180 valence electrons. The first-order valence-corrected chi connectivity index (χ1v) is 13.1. The number of benzene rings is 1. The van der Waals surface area contributed by atoms with E-state index in [0.717, 1.165) is 25.2 Å². The van der Waals surface area contributed by atoms with E-state index in [2.05, 4.69) is 22.2 Å². The van der Waals surface area contributed by atoms with E-state index in [4.69, 9.17) is 0 Å². The molecule has 0 spiro atoms. The second kappa shape index (κ2) is 10.9. The van der Waals surface area contributed by atoms with Crippen molar-refractivity contribution >= 4 is 32.8 Å². The van der Waals surface area contributed by atoms with Crippen molar-refractivity contribution in [1.82, 2.24) is 9.97 Å². The zero-order valence-corrected chi connectivity index (χ0v) is 19.8. The van der Waals surface area contributed by atoms with E-state index >= 15 is 0 Å². The summed E-state index contributed by atoms with van der Waals surface area (Å²) >= 11 is 0. The van der Waals surface area contributed by atoms with Gasteiger partial charge in [0.25, 0.3) is 0 Å². The molecule has 0 saturated carbocycles. The van der Waals surface area contributed by atoms with Crippen molar-refractivity contribution in [1.29, 1.82) is 0 Å². The molecule has 1 aromatic heterocycles. The lowest BCUT2D eigenvalue weighted by Gasteiger charge is -2.32. The van der Waals surface area contributed by atoms with Crippen LogP contribution in [0.25, 0.3) is 0 Å². The van der Waals surface area contributed by atoms with Gasteiger partial charge in [0.15, 0.2) is 9.84 Å². The van der Waals surface area contributed by atoms with Gasteiger partial charge in [-0.3, -0.25) is 10.1 Å². The molecule has 1 N–H and O–H groups in total. The molecule has 33 heavy (non-hydrogen) atoms. The molecule has 2 aromatic rings. The zero-order valence-electron chi connectivity index (χ0n) is 19.0. The van der Waals surface area contributed by atoms with E-state index in [1.54, 1.807) is 0 Å². The van der Waals surface area contributed by atoms with Gasteiger partial charge in [0, 0.05) is 19.3 Å². The number of anilines is 3. The summed E-state index contributed by atoms with van der Waals surface area (Å²) in [6.07, 6.45) is 10.2. The first-order valence-electron chi connectivity index (χ1n) is 11.2. The number of nitro groups is 1. The number of nitrogens with zero attached hydrogens (tertiary/aromatic N) is 4. The molecule has 1 saturated heterocycles. The van der Waals surface area contributed by atoms with Crippen molar-refractivity contribution in [3.63, 3.8) is 0 Å². The normalized spacial score (nSPS) is 14.9. The Labute approximate surface area is 193 Å². The molecule has 0 atom stereocenters. The van der Waals surface area contributed by atoms with E-state index in [1.165, 1.54) is 50.6 Å². The van der Waals surface area contributed by atoms with Gasteiger partial charge >= 0.3 is 5.69 Å². The Morgan fingerprint density at radius 3 is 2.55 bits per heavy atom. The number of hydrogen-bond acceptors (Lipinski definition) is 8. The Morgan fingerprint density at radius 1 is 1.21 bits per heavy atom. The van der Waals surface area contributed by atoms with E-state index in [0.29, 0.717) is 19.0 Å². The Kier molecular flexibility index (Phi) is 8.17. The van der Waals surface area contributed by atoms with Crippen LogP contribution in [0.5, 0.6) is 0 Å². The second-order valence-electron chi connectivity index (χ2n) is 8.47. The lowest BCUT2D eigenvalue weighted by atomic mass is 9.91. The van der Waals surface area contributed by atoms with Gasteiger partial charge < -0.3 is 10.2 Å². The number of rotatable bonds is 10. The van der Waals surface area contributed by atoms with Crippen molar-refractivity contribution in [3.8, 4) is 0 Å². The average molecular weight is 480 g/mol. The van der Waals surface area contributed by atoms with Gasteiger partial charge in [-0.2, -0.15) is 0 Å². The summed E-state index contributed by atoms with van der Waals surface area (Å²) in [6.45, 7) is 3.51. The fraction of sp³-hybridized carbons (Fsp3) is 0.545. The SMILES string of the molecule is CCCCCCC1CCN(c2ncnc(Nc3ccc(S(C)(=O)=O)cc3F)c2[N+](=O)[O-])CC1. The molecule has 1 fully saturated rings. The Balaban J connectivity index is 1.77. The molecule has 1 aromatic carbocycles. The highest BCUT2D eigenvalue weighted by Gasteiger charge is 2.30. The van der Waals surface area contributed by atoms with Gasteiger partial charge in [-0.15, -0.1) is 0 Å². The highest BCUT2D eigenvalue weighted by atomic mass is 32.2. The van der Waals surface area contributed by atoms with Crippen LogP contribution >= 0.6 is 0 Å². The number of sulfone groups is 1. The van der Waals surface area contributed by atoms with Crippen LogP contribution < -0.4 is 10.2 Å². The third-order valence-electron chi connectivity index (χ3n) is 5.99. The van der Waals surface area contributed by atoms with Crippen LogP contribution in [0.2, 0.25) is 0 Å². The van der Waals surface area contributed by atoms with E-state index in [-0.39, 0.29) is 27.9 Å². The smallest absolute Gasteiger partial charge is 0.351 e. The quantitative estimate of drug-likeness (QED) is 0.292. The number of aromatic nitrogens is 2. The highest BCUT2D eigenvalue weighted by Crippen LogP contribution is 2.36. The first kappa shape index (κ1) is 24.8. The largest absolute Gasteiger partial charge is 0.353 e. The van der Waals surface area contributed by atoms with Crippen LogP contribution in [0.3, 0.4) is 0 Å². The molecule has 2 heterocycles. The number of hydrogen-bond donors (Lipinski definition) is 1. The van der Waals surface area contributed by atoms with Crippen LogP contribution in [-0.4, -0.2) is 42.7 Å². The summed E-state index contributed by atoms with van der Waals surface area (Å²) in [5.41, 5.74) is -0.438. The Morgan fingerprint density at radius 2 is 1.94 bits per heavy atom. The molecular formula is C22H30FN5O4S. The van der Waals surface area contributed by atoms with Crippen molar-refractivity contribution in [2.24, 2.45) is 5.92 Å². The summed E-state index contributed by atoms with van der Waals surface area (Å²) < 4.78 is 37.7.